The van der Waals surface area contributed by atoms with Gasteiger partial charge >= 0.3 is 0 Å². The highest BCUT2D eigenvalue weighted by Gasteiger charge is 2.05. The van der Waals surface area contributed by atoms with Gasteiger partial charge in [0.05, 0.1) is 13.2 Å². The van der Waals surface area contributed by atoms with Gasteiger partial charge in [0.15, 0.2) is 11.5 Å². The van der Waals surface area contributed by atoms with Crippen LogP contribution in [0.4, 0.5) is 0 Å². The van der Waals surface area contributed by atoms with Crippen molar-refractivity contribution in [1.29, 1.82) is 0 Å². The van der Waals surface area contributed by atoms with Gasteiger partial charge in [0.1, 0.15) is 0 Å². The van der Waals surface area contributed by atoms with Crippen molar-refractivity contribution in [2.24, 2.45) is 0 Å². The number of hydrogen-bond acceptors (Lipinski definition) is 3. The summed E-state index contributed by atoms with van der Waals surface area (Å²) >= 11 is 0. The van der Waals surface area contributed by atoms with E-state index in [0.29, 0.717) is 13.2 Å². The fourth-order valence-corrected chi connectivity index (χ4v) is 1.41. The minimum atomic E-state index is 0.648. The lowest BCUT2D eigenvalue weighted by Crippen LogP contribution is -2.01. The molecule has 0 aliphatic heterocycles. The first-order valence-corrected chi connectivity index (χ1v) is 6.25. The van der Waals surface area contributed by atoms with E-state index in [1.807, 2.05) is 18.2 Å². The molecule has 97 valence electrons. The Balaban J connectivity index is 2.88. The molecule has 3 heteroatoms. The highest BCUT2D eigenvalue weighted by atomic mass is 16.5. The third-order valence-corrected chi connectivity index (χ3v) is 2.23. The fraction of sp³-hybridized carbons (Fsp3) is 0.400. The van der Waals surface area contributed by atoms with E-state index in [4.69, 9.17) is 9.47 Å². The Labute approximate surface area is 108 Å². The zero-order valence-corrected chi connectivity index (χ0v) is 10.9. The monoisotopic (exact) mass is 247 g/mol. The zero-order chi connectivity index (χ0) is 13.2. The van der Waals surface area contributed by atoms with E-state index in [1.54, 1.807) is 12.4 Å². The fourth-order valence-electron chi connectivity index (χ4n) is 1.41. The summed E-state index contributed by atoms with van der Waals surface area (Å²) in [7, 11) is 0. The highest BCUT2D eigenvalue weighted by molar-refractivity contribution is 5.74. The molecule has 0 aliphatic rings. The van der Waals surface area contributed by atoms with E-state index in [-0.39, 0.29) is 0 Å². The number of benzene rings is 1. The third-order valence-electron chi connectivity index (χ3n) is 2.23. The van der Waals surface area contributed by atoms with E-state index in [0.717, 1.165) is 29.9 Å². The quantitative estimate of drug-likeness (QED) is 0.660. The predicted octanol–water partition coefficient (Wildman–Crippen LogP) is 3.39. The van der Waals surface area contributed by atoms with Gasteiger partial charge in [-0.15, -0.1) is 0 Å². The number of carbonyl (C=O) groups excluding carboxylic acids is 1. The van der Waals surface area contributed by atoms with Gasteiger partial charge in [-0.05, 0) is 36.6 Å². The van der Waals surface area contributed by atoms with Crippen molar-refractivity contribution >= 4 is 12.4 Å². The van der Waals surface area contributed by atoms with Crippen LogP contribution in [0.1, 0.15) is 32.3 Å². The molecule has 1 radical (unpaired) electrons. The molecular formula is C15H19O3. The summed E-state index contributed by atoms with van der Waals surface area (Å²) in [5.74, 6) is 1.47. The molecule has 0 heterocycles. The van der Waals surface area contributed by atoms with E-state index >= 15 is 0 Å². The number of ether oxygens (including phenoxy) is 2. The van der Waals surface area contributed by atoms with Gasteiger partial charge in [-0.3, -0.25) is 4.79 Å². The van der Waals surface area contributed by atoms with Crippen molar-refractivity contribution in [3.63, 3.8) is 0 Å². The standard InChI is InChI=1S/C15H19O3/c1-3-10-17-14-8-7-13(6-5-9-16)12-15(14)18-11-4-2/h5-8,12H,3-4,10-11H2,1-2H3/b6-5+. The zero-order valence-electron chi connectivity index (χ0n) is 10.9. The van der Waals surface area contributed by atoms with E-state index < -0.39 is 0 Å². The average Bonchev–Trinajstić information content (AvgIpc) is 2.41. The minimum absolute atomic E-state index is 0.648. The number of rotatable bonds is 8. The minimum Gasteiger partial charge on any atom is -0.490 e. The van der Waals surface area contributed by atoms with E-state index in [2.05, 4.69) is 13.8 Å². The second kappa shape index (κ2) is 8.34. The molecule has 0 amide bonds. The lowest BCUT2D eigenvalue weighted by molar-refractivity contribution is 0.268. The van der Waals surface area contributed by atoms with Crippen LogP contribution >= 0.6 is 0 Å². The van der Waals surface area contributed by atoms with Crippen molar-refractivity contribution in [2.75, 3.05) is 13.2 Å². The molecule has 3 nitrogen and oxygen atoms in total. The molecule has 1 rings (SSSR count). The molecule has 0 bridgehead atoms. The maximum atomic E-state index is 10.2. The predicted molar refractivity (Wildman–Crippen MR) is 72.7 cm³/mol. The van der Waals surface area contributed by atoms with Gasteiger partial charge in [-0.2, -0.15) is 0 Å². The van der Waals surface area contributed by atoms with Crippen LogP contribution in [0.25, 0.3) is 6.08 Å². The van der Waals surface area contributed by atoms with Crippen molar-refractivity contribution in [3.05, 3.63) is 29.8 Å². The first-order chi connectivity index (χ1) is 8.81. The lowest BCUT2D eigenvalue weighted by Gasteiger charge is -2.12. The molecule has 0 atom stereocenters. The lowest BCUT2D eigenvalue weighted by atomic mass is 10.2. The molecule has 0 saturated heterocycles. The molecule has 1 aromatic rings. The first kappa shape index (κ1) is 14.3. The Morgan fingerprint density at radius 3 is 2.39 bits per heavy atom. The summed E-state index contributed by atoms with van der Waals surface area (Å²) in [5.41, 5.74) is 0.897. The Morgan fingerprint density at radius 2 is 1.78 bits per heavy atom. The largest absolute Gasteiger partial charge is 0.490 e. The number of hydrogen-bond donors (Lipinski definition) is 0. The van der Waals surface area contributed by atoms with Crippen molar-refractivity contribution in [3.8, 4) is 11.5 Å². The average molecular weight is 247 g/mol. The summed E-state index contributed by atoms with van der Waals surface area (Å²) in [6.07, 6.45) is 6.65. The topological polar surface area (TPSA) is 35.5 Å². The summed E-state index contributed by atoms with van der Waals surface area (Å²) in [4.78, 5) is 10.2. The third kappa shape index (κ3) is 4.62. The van der Waals surface area contributed by atoms with Gasteiger partial charge in [-0.1, -0.05) is 26.0 Å². The maximum absolute atomic E-state index is 10.2. The number of allylic oxidation sites excluding steroid dienone is 1. The summed E-state index contributed by atoms with van der Waals surface area (Å²) in [5, 5.41) is 0. The van der Waals surface area contributed by atoms with Crippen LogP contribution in [0.15, 0.2) is 24.3 Å². The van der Waals surface area contributed by atoms with Crippen molar-refractivity contribution in [2.45, 2.75) is 26.7 Å². The van der Waals surface area contributed by atoms with Gasteiger partial charge in [-0.25, -0.2) is 0 Å². The van der Waals surface area contributed by atoms with Crippen LogP contribution in [-0.2, 0) is 4.79 Å². The highest BCUT2D eigenvalue weighted by Crippen LogP contribution is 2.29. The normalized spacial score (nSPS) is 10.6. The second-order valence-corrected chi connectivity index (χ2v) is 3.85. The van der Waals surface area contributed by atoms with Crippen LogP contribution in [0.5, 0.6) is 11.5 Å². The molecule has 1 aromatic carbocycles. The van der Waals surface area contributed by atoms with Gasteiger partial charge < -0.3 is 9.47 Å². The molecule has 0 aromatic heterocycles. The molecular weight excluding hydrogens is 228 g/mol. The summed E-state index contributed by atoms with van der Waals surface area (Å²) in [6, 6.07) is 5.62. The van der Waals surface area contributed by atoms with Crippen LogP contribution in [0.2, 0.25) is 0 Å². The molecule has 0 saturated carbocycles. The molecule has 0 spiro atoms. The molecule has 0 fully saturated rings. The van der Waals surface area contributed by atoms with E-state index in [9.17, 15) is 4.79 Å². The Kier molecular flexibility index (Phi) is 6.62. The molecule has 0 unspecified atom stereocenters. The Hall–Kier alpha value is -1.77. The smallest absolute Gasteiger partial charge is 0.225 e. The summed E-state index contributed by atoms with van der Waals surface area (Å²) in [6.45, 7) is 5.43. The van der Waals surface area contributed by atoms with Crippen molar-refractivity contribution < 1.29 is 14.3 Å². The SMILES string of the molecule is CCCOc1ccc(/C=C/[C]=O)cc1OCCC. The van der Waals surface area contributed by atoms with Crippen LogP contribution in [-0.4, -0.2) is 19.5 Å². The Morgan fingerprint density at radius 1 is 1.11 bits per heavy atom. The van der Waals surface area contributed by atoms with Crippen LogP contribution in [0.3, 0.4) is 0 Å². The second-order valence-electron chi connectivity index (χ2n) is 3.85. The van der Waals surface area contributed by atoms with Crippen LogP contribution < -0.4 is 9.47 Å². The first-order valence-electron chi connectivity index (χ1n) is 6.25. The van der Waals surface area contributed by atoms with E-state index in [1.165, 1.54) is 6.08 Å². The van der Waals surface area contributed by atoms with Crippen molar-refractivity contribution in [1.82, 2.24) is 0 Å². The maximum Gasteiger partial charge on any atom is 0.225 e. The molecule has 18 heavy (non-hydrogen) atoms. The summed E-state index contributed by atoms with van der Waals surface area (Å²) < 4.78 is 11.3. The molecule has 0 aliphatic carbocycles. The van der Waals surface area contributed by atoms with Gasteiger partial charge in [0.25, 0.3) is 0 Å². The van der Waals surface area contributed by atoms with Gasteiger partial charge in [0, 0.05) is 0 Å². The van der Waals surface area contributed by atoms with Crippen LogP contribution in [0, 0.1) is 0 Å². The molecule has 0 N–H and O–H groups in total. The Bertz CT molecular complexity index is 397. The van der Waals surface area contributed by atoms with Gasteiger partial charge in [0.2, 0.25) is 6.29 Å².